The third-order valence-electron chi connectivity index (χ3n) is 3.23. The summed E-state index contributed by atoms with van der Waals surface area (Å²) >= 11 is 11.9. The van der Waals surface area contributed by atoms with Crippen LogP contribution in [0.1, 0.15) is 37.6 Å². The zero-order chi connectivity index (χ0) is 14.5. The van der Waals surface area contributed by atoms with E-state index in [1.165, 1.54) is 0 Å². The van der Waals surface area contributed by atoms with E-state index >= 15 is 0 Å². The maximum atomic E-state index is 6.14. The van der Waals surface area contributed by atoms with Gasteiger partial charge in [0.2, 0.25) is 0 Å². The smallest absolute Gasteiger partial charge is 0.138 e. The number of hydrogen-bond donors (Lipinski definition) is 0. The number of nitrogens with zero attached hydrogens (tertiary/aromatic N) is 2. The van der Waals surface area contributed by atoms with E-state index in [1.807, 2.05) is 35.1 Å². The van der Waals surface area contributed by atoms with Crippen LogP contribution < -0.4 is 4.74 Å². The van der Waals surface area contributed by atoms with Crippen LogP contribution in [0.5, 0.6) is 5.75 Å². The predicted molar refractivity (Wildman–Crippen MR) is 82.6 cm³/mol. The molecule has 0 amide bonds. The molecule has 0 aliphatic carbocycles. The van der Waals surface area contributed by atoms with E-state index in [-0.39, 0.29) is 0 Å². The van der Waals surface area contributed by atoms with E-state index in [2.05, 4.69) is 18.9 Å². The second-order valence-corrected chi connectivity index (χ2v) is 5.41. The lowest BCUT2D eigenvalue weighted by molar-refractivity contribution is 0.298. The molecule has 108 valence electrons. The molecule has 0 bridgehead atoms. The monoisotopic (exact) mass is 312 g/mol. The van der Waals surface area contributed by atoms with Gasteiger partial charge in [-0.3, -0.25) is 4.68 Å². The van der Waals surface area contributed by atoms with Crippen molar-refractivity contribution in [3.05, 3.63) is 46.7 Å². The minimum atomic E-state index is 0.398. The van der Waals surface area contributed by atoms with Crippen molar-refractivity contribution in [2.45, 2.75) is 38.8 Å². The maximum Gasteiger partial charge on any atom is 0.138 e. The molecule has 1 unspecified atom stereocenters. The fourth-order valence-electron chi connectivity index (χ4n) is 1.78. The molecule has 0 spiro atoms. The van der Waals surface area contributed by atoms with Crippen molar-refractivity contribution in [3.63, 3.8) is 0 Å². The molecule has 20 heavy (non-hydrogen) atoms. The summed E-state index contributed by atoms with van der Waals surface area (Å²) in [6.45, 7) is 4.68. The largest absolute Gasteiger partial charge is 0.486 e. The summed E-state index contributed by atoms with van der Waals surface area (Å²) in [5, 5.41) is 5.06. The molecule has 2 rings (SSSR count). The lowest BCUT2D eigenvalue weighted by Gasteiger charge is -2.09. The molecule has 1 aromatic heterocycles. The van der Waals surface area contributed by atoms with Crippen LogP contribution in [0.4, 0.5) is 0 Å². The lowest BCUT2D eigenvalue weighted by atomic mass is 10.2. The Kier molecular flexibility index (Phi) is 5.32. The summed E-state index contributed by atoms with van der Waals surface area (Å²) in [5.74, 6) is 1.10. The first kappa shape index (κ1) is 15.2. The third-order valence-corrected chi connectivity index (χ3v) is 3.84. The summed E-state index contributed by atoms with van der Waals surface area (Å²) in [6, 6.07) is 7.93. The van der Waals surface area contributed by atoms with E-state index in [1.54, 1.807) is 0 Å². The van der Waals surface area contributed by atoms with Gasteiger partial charge < -0.3 is 4.74 Å². The van der Waals surface area contributed by atoms with Crippen molar-refractivity contribution in [1.82, 2.24) is 9.78 Å². The SMILES string of the molecule is CCC(C)n1ccc(COc2ccc(CCl)cc2Cl)n1. The number of rotatable bonds is 6. The Hall–Kier alpha value is -1.19. The highest BCUT2D eigenvalue weighted by molar-refractivity contribution is 6.32. The van der Waals surface area contributed by atoms with Crippen LogP contribution in [-0.4, -0.2) is 9.78 Å². The normalized spacial score (nSPS) is 12.4. The number of alkyl halides is 1. The Bertz CT molecular complexity index is 569. The molecule has 0 N–H and O–H groups in total. The molecule has 1 atom stereocenters. The van der Waals surface area contributed by atoms with Gasteiger partial charge in [-0.1, -0.05) is 24.6 Å². The van der Waals surface area contributed by atoms with Crippen molar-refractivity contribution < 1.29 is 4.74 Å². The topological polar surface area (TPSA) is 27.1 Å². The Labute approximate surface area is 129 Å². The fraction of sp³-hybridized carbons (Fsp3) is 0.400. The van der Waals surface area contributed by atoms with Gasteiger partial charge in [-0.15, -0.1) is 11.6 Å². The van der Waals surface area contributed by atoms with Gasteiger partial charge in [0.1, 0.15) is 12.4 Å². The number of ether oxygens (including phenoxy) is 1. The second kappa shape index (κ2) is 7.00. The van der Waals surface area contributed by atoms with Crippen LogP contribution in [0.25, 0.3) is 0 Å². The third kappa shape index (κ3) is 3.68. The van der Waals surface area contributed by atoms with Crippen LogP contribution in [0.3, 0.4) is 0 Å². The number of aromatic nitrogens is 2. The van der Waals surface area contributed by atoms with Crippen LogP contribution in [0.15, 0.2) is 30.5 Å². The van der Waals surface area contributed by atoms with Gasteiger partial charge in [0.15, 0.2) is 0 Å². The van der Waals surface area contributed by atoms with E-state index < -0.39 is 0 Å². The molecule has 0 aliphatic heterocycles. The predicted octanol–water partition coefficient (Wildman–Crippen LogP) is 4.83. The van der Waals surface area contributed by atoms with Gasteiger partial charge >= 0.3 is 0 Å². The Morgan fingerprint density at radius 2 is 2.15 bits per heavy atom. The minimum absolute atomic E-state index is 0.398. The van der Waals surface area contributed by atoms with Gasteiger partial charge in [-0.05, 0) is 37.1 Å². The van der Waals surface area contributed by atoms with Gasteiger partial charge in [0.25, 0.3) is 0 Å². The van der Waals surface area contributed by atoms with Crippen LogP contribution >= 0.6 is 23.2 Å². The van der Waals surface area contributed by atoms with Gasteiger partial charge in [0, 0.05) is 18.1 Å². The van der Waals surface area contributed by atoms with Gasteiger partial charge in [-0.25, -0.2) is 0 Å². The van der Waals surface area contributed by atoms with E-state index in [9.17, 15) is 0 Å². The van der Waals surface area contributed by atoms with Crippen molar-refractivity contribution in [3.8, 4) is 5.75 Å². The first-order valence-electron chi connectivity index (χ1n) is 6.65. The summed E-state index contributed by atoms with van der Waals surface area (Å²) in [7, 11) is 0. The molecule has 0 aliphatic rings. The number of halogens is 2. The summed E-state index contributed by atoms with van der Waals surface area (Å²) in [4.78, 5) is 0. The highest BCUT2D eigenvalue weighted by atomic mass is 35.5. The zero-order valence-corrected chi connectivity index (χ0v) is 13.2. The van der Waals surface area contributed by atoms with E-state index in [4.69, 9.17) is 27.9 Å². The van der Waals surface area contributed by atoms with Crippen molar-refractivity contribution in [1.29, 1.82) is 0 Å². The summed E-state index contributed by atoms with van der Waals surface area (Å²) < 4.78 is 7.65. The van der Waals surface area contributed by atoms with E-state index in [0.717, 1.165) is 17.7 Å². The molecule has 1 aromatic carbocycles. The summed E-state index contributed by atoms with van der Waals surface area (Å²) in [6.07, 6.45) is 3.03. The molecule has 0 saturated heterocycles. The van der Waals surface area contributed by atoms with Crippen molar-refractivity contribution in [2.24, 2.45) is 0 Å². The molecule has 2 aromatic rings. The number of benzene rings is 1. The molecular weight excluding hydrogens is 295 g/mol. The lowest BCUT2D eigenvalue weighted by Crippen LogP contribution is -2.05. The van der Waals surface area contributed by atoms with Crippen LogP contribution in [0, 0.1) is 0 Å². The Balaban J connectivity index is 2.00. The maximum absolute atomic E-state index is 6.14. The van der Waals surface area contributed by atoms with Crippen molar-refractivity contribution >= 4 is 23.2 Å². The highest BCUT2D eigenvalue weighted by Gasteiger charge is 2.07. The second-order valence-electron chi connectivity index (χ2n) is 4.73. The highest BCUT2D eigenvalue weighted by Crippen LogP contribution is 2.26. The molecule has 1 heterocycles. The summed E-state index contributed by atoms with van der Waals surface area (Å²) in [5.41, 5.74) is 1.87. The standard InChI is InChI=1S/C15H18Cl2N2O/c1-3-11(2)19-7-6-13(18-19)10-20-15-5-4-12(9-16)8-14(15)17/h4-8,11H,3,9-10H2,1-2H3. The quantitative estimate of drug-likeness (QED) is 0.715. The average Bonchev–Trinajstić information content (AvgIpc) is 2.94. The molecule has 3 nitrogen and oxygen atoms in total. The molecule has 0 radical (unpaired) electrons. The molecule has 5 heteroatoms. The van der Waals surface area contributed by atoms with Crippen LogP contribution in [0.2, 0.25) is 5.02 Å². The zero-order valence-electron chi connectivity index (χ0n) is 11.6. The molecular formula is C15H18Cl2N2O. The van der Waals surface area contributed by atoms with Gasteiger partial charge in [0.05, 0.1) is 10.7 Å². The molecule has 0 fully saturated rings. The number of hydrogen-bond acceptors (Lipinski definition) is 2. The first-order valence-corrected chi connectivity index (χ1v) is 7.56. The fourth-order valence-corrected chi connectivity index (χ4v) is 2.21. The van der Waals surface area contributed by atoms with Crippen molar-refractivity contribution in [2.75, 3.05) is 0 Å². The Morgan fingerprint density at radius 3 is 2.80 bits per heavy atom. The molecule has 0 saturated carbocycles. The first-order chi connectivity index (χ1) is 9.63. The average molecular weight is 313 g/mol. The van der Waals surface area contributed by atoms with Crippen LogP contribution in [-0.2, 0) is 12.5 Å². The van der Waals surface area contributed by atoms with E-state index in [0.29, 0.717) is 29.3 Å². The van der Waals surface area contributed by atoms with Gasteiger partial charge in [-0.2, -0.15) is 5.10 Å². The minimum Gasteiger partial charge on any atom is -0.486 e. The Morgan fingerprint density at radius 1 is 1.35 bits per heavy atom.